The van der Waals surface area contributed by atoms with Crippen molar-refractivity contribution >= 4 is 11.8 Å². The average Bonchev–Trinajstić information content (AvgIpc) is 2.78. The highest BCUT2D eigenvalue weighted by Gasteiger charge is 2.16. The molecule has 0 atom stereocenters. The van der Waals surface area contributed by atoms with Crippen LogP contribution in [0.15, 0.2) is 30.3 Å². The molecule has 2 aromatic rings. The number of rotatable bonds is 3. The van der Waals surface area contributed by atoms with Gasteiger partial charge in [-0.1, -0.05) is 24.3 Å². The Bertz CT molecular complexity index is 587. The zero-order valence-electron chi connectivity index (χ0n) is 9.10. The molecule has 2 rings (SSSR count). The summed E-state index contributed by atoms with van der Waals surface area (Å²) < 4.78 is 0. The molecule has 1 heterocycles. The highest BCUT2D eigenvalue weighted by atomic mass is 16.4. The molecule has 1 aromatic carbocycles. The van der Waals surface area contributed by atoms with Crippen LogP contribution in [-0.4, -0.2) is 27.1 Å². The number of aromatic amines is 1. The third kappa shape index (κ3) is 2.08. The summed E-state index contributed by atoms with van der Waals surface area (Å²) in [5.41, 5.74) is 1.37. The van der Waals surface area contributed by atoms with Crippen LogP contribution in [-0.2, 0) is 0 Å². The van der Waals surface area contributed by atoms with Crippen molar-refractivity contribution in [1.29, 1.82) is 0 Å². The van der Waals surface area contributed by atoms with Crippen LogP contribution >= 0.6 is 0 Å². The van der Waals surface area contributed by atoms with Crippen molar-refractivity contribution in [2.45, 2.75) is 6.92 Å². The SMILES string of the molecule is Cc1ccccc1C(=O)c1cc(C(=O)O)[nH]n1. The van der Waals surface area contributed by atoms with E-state index in [0.29, 0.717) is 5.56 Å². The van der Waals surface area contributed by atoms with Crippen LogP contribution in [0.5, 0.6) is 0 Å². The average molecular weight is 230 g/mol. The Morgan fingerprint density at radius 2 is 2.00 bits per heavy atom. The predicted octanol–water partition coefficient (Wildman–Crippen LogP) is 1.65. The summed E-state index contributed by atoms with van der Waals surface area (Å²) in [6.45, 7) is 1.82. The van der Waals surface area contributed by atoms with E-state index in [9.17, 15) is 9.59 Å². The zero-order valence-corrected chi connectivity index (χ0v) is 9.10. The molecule has 5 nitrogen and oxygen atoms in total. The van der Waals surface area contributed by atoms with Crippen molar-refractivity contribution in [3.05, 3.63) is 52.8 Å². The van der Waals surface area contributed by atoms with Gasteiger partial charge in [0, 0.05) is 11.6 Å². The number of carboxylic acid groups (broad SMARTS) is 1. The van der Waals surface area contributed by atoms with Crippen molar-refractivity contribution in [3.63, 3.8) is 0 Å². The van der Waals surface area contributed by atoms with Gasteiger partial charge in [0.25, 0.3) is 0 Å². The van der Waals surface area contributed by atoms with Gasteiger partial charge < -0.3 is 5.11 Å². The second kappa shape index (κ2) is 4.21. The quantitative estimate of drug-likeness (QED) is 0.785. The minimum Gasteiger partial charge on any atom is -0.477 e. The molecule has 0 saturated heterocycles. The van der Waals surface area contributed by atoms with Crippen molar-refractivity contribution in [2.75, 3.05) is 0 Å². The summed E-state index contributed by atoms with van der Waals surface area (Å²) in [6.07, 6.45) is 0. The van der Waals surface area contributed by atoms with Crippen molar-refractivity contribution < 1.29 is 14.7 Å². The molecule has 86 valence electrons. The second-order valence-electron chi connectivity index (χ2n) is 3.62. The maximum Gasteiger partial charge on any atom is 0.353 e. The number of ketones is 1. The number of aromatic nitrogens is 2. The molecule has 0 aliphatic heterocycles. The number of nitrogens with one attached hydrogen (secondary N) is 1. The van der Waals surface area contributed by atoms with E-state index in [-0.39, 0.29) is 17.2 Å². The Hall–Kier alpha value is -2.43. The largest absolute Gasteiger partial charge is 0.477 e. The van der Waals surface area contributed by atoms with E-state index in [4.69, 9.17) is 5.11 Å². The summed E-state index contributed by atoms with van der Waals surface area (Å²) in [7, 11) is 0. The Kier molecular flexibility index (Phi) is 2.74. The lowest BCUT2D eigenvalue weighted by Gasteiger charge is -2.00. The van der Waals surface area contributed by atoms with Gasteiger partial charge in [0.2, 0.25) is 5.78 Å². The zero-order chi connectivity index (χ0) is 12.4. The van der Waals surface area contributed by atoms with Crippen LogP contribution < -0.4 is 0 Å². The van der Waals surface area contributed by atoms with Gasteiger partial charge in [-0.25, -0.2) is 4.79 Å². The number of benzene rings is 1. The number of aryl methyl sites for hydroxylation is 1. The van der Waals surface area contributed by atoms with E-state index in [1.165, 1.54) is 6.07 Å². The first-order chi connectivity index (χ1) is 8.09. The molecule has 0 bridgehead atoms. The molecule has 0 amide bonds. The molecule has 0 aliphatic carbocycles. The Morgan fingerprint density at radius 3 is 2.59 bits per heavy atom. The fourth-order valence-corrected chi connectivity index (χ4v) is 1.51. The van der Waals surface area contributed by atoms with E-state index in [1.807, 2.05) is 19.1 Å². The van der Waals surface area contributed by atoms with Gasteiger partial charge in [0.1, 0.15) is 11.4 Å². The number of aromatic carboxylic acids is 1. The molecule has 0 spiro atoms. The maximum absolute atomic E-state index is 12.0. The fraction of sp³-hybridized carbons (Fsp3) is 0.0833. The van der Waals surface area contributed by atoms with Crippen molar-refractivity contribution in [3.8, 4) is 0 Å². The van der Waals surface area contributed by atoms with Gasteiger partial charge in [-0.2, -0.15) is 5.10 Å². The highest BCUT2D eigenvalue weighted by molar-refractivity contribution is 6.09. The number of carboxylic acids is 1. The number of carbonyl (C=O) groups is 2. The number of hydrogen-bond acceptors (Lipinski definition) is 3. The first kappa shape index (κ1) is 11.1. The topological polar surface area (TPSA) is 83.0 Å². The monoisotopic (exact) mass is 230 g/mol. The van der Waals surface area contributed by atoms with Gasteiger partial charge in [-0.15, -0.1) is 0 Å². The normalized spacial score (nSPS) is 10.2. The third-order valence-electron chi connectivity index (χ3n) is 2.43. The molecular weight excluding hydrogens is 220 g/mol. The maximum atomic E-state index is 12.0. The molecule has 0 fully saturated rings. The molecule has 17 heavy (non-hydrogen) atoms. The van der Waals surface area contributed by atoms with Crippen molar-refractivity contribution in [1.82, 2.24) is 10.2 Å². The van der Waals surface area contributed by atoms with Crippen LogP contribution in [0.25, 0.3) is 0 Å². The molecule has 0 aliphatic rings. The van der Waals surface area contributed by atoms with Gasteiger partial charge in [-0.3, -0.25) is 9.89 Å². The summed E-state index contributed by atoms with van der Waals surface area (Å²) in [6, 6.07) is 8.33. The number of nitrogens with zero attached hydrogens (tertiary/aromatic N) is 1. The minimum absolute atomic E-state index is 0.0954. The number of hydrogen-bond donors (Lipinski definition) is 2. The number of H-pyrrole nitrogens is 1. The lowest BCUT2D eigenvalue weighted by Crippen LogP contribution is -2.03. The van der Waals surface area contributed by atoms with E-state index in [0.717, 1.165) is 5.56 Å². The van der Waals surface area contributed by atoms with E-state index < -0.39 is 5.97 Å². The Morgan fingerprint density at radius 1 is 1.29 bits per heavy atom. The summed E-state index contributed by atoms with van der Waals surface area (Å²) in [4.78, 5) is 22.7. The number of carbonyl (C=O) groups excluding carboxylic acids is 1. The van der Waals surface area contributed by atoms with Crippen molar-refractivity contribution in [2.24, 2.45) is 0 Å². The van der Waals surface area contributed by atoms with Gasteiger partial charge >= 0.3 is 5.97 Å². The Labute approximate surface area is 97.1 Å². The lowest BCUT2D eigenvalue weighted by molar-refractivity contribution is 0.0690. The first-order valence-corrected chi connectivity index (χ1v) is 4.98. The fourth-order valence-electron chi connectivity index (χ4n) is 1.51. The molecule has 1 aromatic heterocycles. The third-order valence-corrected chi connectivity index (χ3v) is 2.43. The Balaban J connectivity index is 2.37. The standard InChI is InChI=1S/C12H10N2O3/c1-7-4-2-3-5-8(7)11(15)9-6-10(12(16)17)14-13-9/h2-6H,1H3,(H,13,14)(H,16,17). The van der Waals surface area contributed by atoms with Gasteiger partial charge in [0.05, 0.1) is 0 Å². The minimum atomic E-state index is -1.14. The van der Waals surface area contributed by atoms with Crippen LogP contribution in [0.4, 0.5) is 0 Å². The molecular formula is C12H10N2O3. The lowest BCUT2D eigenvalue weighted by atomic mass is 10.0. The van der Waals surface area contributed by atoms with E-state index >= 15 is 0 Å². The summed E-state index contributed by atoms with van der Waals surface area (Å²) in [5.74, 6) is -1.42. The molecule has 2 N–H and O–H groups in total. The van der Waals surface area contributed by atoms with Crippen LogP contribution in [0.2, 0.25) is 0 Å². The van der Waals surface area contributed by atoms with Crippen LogP contribution in [0.1, 0.15) is 32.1 Å². The highest BCUT2D eigenvalue weighted by Crippen LogP contribution is 2.12. The second-order valence-corrected chi connectivity index (χ2v) is 3.62. The molecule has 0 unspecified atom stereocenters. The van der Waals surface area contributed by atoms with Gasteiger partial charge in [-0.05, 0) is 12.5 Å². The van der Waals surface area contributed by atoms with Crippen LogP contribution in [0.3, 0.4) is 0 Å². The first-order valence-electron chi connectivity index (χ1n) is 4.98. The summed E-state index contributed by atoms with van der Waals surface area (Å²) >= 11 is 0. The molecule has 0 saturated carbocycles. The van der Waals surface area contributed by atoms with Gasteiger partial charge in [0.15, 0.2) is 0 Å². The van der Waals surface area contributed by atoms with E-state index in [1.54, 1.807) is 12.1 Å². The summed E-state index contributed by atoms with van der Waals surface area (Å²) in [5, 5.41) is 14.7. The smallest absolute Gasteiger partial charge is 0.353 e. The van der Waals surface area contributed by atoms with Crippen LogP contribution in [0, 0.1) is 6.92 Å². The molecule has 0 radical (unpaired) electrons. The molecule has 5 heteroatoms. The predicted molar refractivity (Wildman–Crippen MR) is 60.2 cm³/mol. The van der Waals surface area contributed by atoms with E-state index in [2.05, 4.69) is 10.2 Å².